The van der Waals surface area contributed by atoms with Crippen molar-refractivity contribution < 1.29 is 0 Å². The largest absolute Gasteiger partial charge is 0.309 e. The summed E-state index contributed by atoms with van der Waals surface area (Å²) in [5.74, 6) is 0.751. The molecule has 0 fully saturated rings. The molecule has 0 aliphatic rings. The van der Waals surface area contributed by atoms with Gasteiger partial charge in [-0.1, -0.05) is 27.7 Å². The average Bonchev–Trinajstić information content (AvgIpc) is 2.72. The van der Waals surface area contributed by atoms with Crippen LogP contribution in [-0.2, 0) is 6.42 Å². The Labute approximate surface area is 104 Å². The third-order valence-corrected chi connectivity index (χ3v) is 4.07. The van der Waals surface area contributed by atoms with Gasteiger partial charge in [0.15, 0.2) is 0 Å². The molecule has 1 N–H and O–H groups in total. The molecule has 92 valence electrons. The van der Waals surface area contributed by atoms with E-state index >= 15 is 0 Å². The van der Waals surface area contributed by atoms with Crippen LogP contribution < -0.4 is 5.32 Å². The second kappa shape index (κ2) is 7.08. The predicted molar refractivity (Wildman–Crippen MR) is 74.2 cm³/mol. The third kappa shape index (κ3) is 4.26. The molecule has 0 spiro atoms. The van der Waals surface area contributed by atoms with Crippen LogP contribution in [0.3, 0.4) is 0 Å². The monoisotopic (exact) mass is 239 g/mol. The topological polar surface area (TPSA) is 12.0 Å². The first-order valence-electron chi connectivity index (χ1n) is 6.49. The Morgan fingerprint density at radius 2 is 2.00 bits per heavy atom. The summed E-state index contributed by atoms with van der Waals surface area (Å²) in [6.07, 6.45) is 3.61. The van der Waals surface area contributed by atoms with Crippen LogP contribution in [0.15, 0.2) is 12.1 Å². The van der Waals surface area contributed by atoms with Crippen LogP contribution in [0.1, 0.15) is 56.3 Å². The van der Waals surface area contributed by atoms with Gasteiger partial charge in [-0.15, -0.1) is 11.3 Å². The smallest absolute Gasteiger partial charge is 0.0417 e. The zero-order valence-corrected chi connectivity index (χ0v) is 11.9. The van der Waals surface area contributed by atoms with Crippen molar-refractivity contribution >= 4 is 11.3 Å². The van der Waals surface area contributed by atoms with Gasteiger partial charge in [0.25, 0.3) is 0 Å². The Kier molecular flexibility index (Phi) is 6.07. The van der Waals surface area contributed by atoms with Gasteiger partial charge >= 0.3 is 0 Å². The third-order valence-electron chi connectivity index (χ3n) is 2.72. The Balaban J connectivity index is 2.66. The fraction of sp³-hybridized carbons (Fsp3) is 0.714. The lowest BCUT2D eigenvalue weighted by Gasteiger charge is -2.19. The van der Waals surface area contributed by atoms with Crippen molar-refractivity contribution in [1.82, 2.24) is 5.32 Å². The number of hydrogen-bond acceptors (Lipinski definition) is 2. The second-order valence-corrected chi connectivity index (χ2v) is 5.99. The van der Waals surface area contributed by atoms with Gasteiger partial charge in [-0.2, -0.15) is 0 Å². The number of thiophene rings is 1. The lowest BCUT2D eigenvalue weighted by molar-refractivity contribution is 0.435. The summed E-state index contributed by atoms with van der Waals surface area (Å²) in [6, 6.07) is 5.14. The summed E-state index contributed by atoms with van der Waals surface area (Å²) in [4.78, 5) is 3.01. The predicted octanol–water partition coefficient (Wildman–Crippen LogP) is 4.40. The molecule has 2 heteroatoms. The van der Waals surface area contributed by atoms with E-state index in [9.17, 15) is 0 Å². The van der Waals surface area contributed by atoms with Crippen LogP contribution in [0.5, 0.6) is 0 Å². The Morgan fingerprint density at radius 3 is 2.50 bits per heavy atom. The zero-order valence-electron chi connectivity index (χ0n) is 11.0. The van der Waals surface area contributed by atoms with E-state index in [0.717, 1.165) is 18.9 Å². The van der Waals surface area contributed by atoms with Crippen molar-refractivity contribution in [2.24, 2.45) is 5.92 Å². The molecule has 1 aromatic heterocycles. The van der Waals surface area contributed by atoms with E-state index in [2.05, 4.69) is 45.1 Å². The molecule has 1 rings (SSSR count). The second-order valence-electron chi connectivity index (χ2n) is 4.79. The van der Waals surface area contributed by atoms with Crippen LogP contribution in [0, 0.1) is 5.92 Å². The highest BCUT2D eigenvalue weighted by Crippen LogP contribution is 2.28. The molecule has 0 radical (unpaired) electrons. The minimum Gasteiger partial charge on any atom is -0.309 e. The van der Waals surface area contributed by atoms with Crippen LogP contribution in [0.2, 0.25) is 0 Å². The van der Waals surface area contributed by atoms with Crippen molar-refractivity contribution in [2.75, 3.05) is 6.54 Å². The fourth-order valence-corrected chi connectivity index (χ4v) is 2.90. The van der Waals surface area contributed by atoms with Crippen molar-refractivity contribution in [3.8, 4) is 0 Å². The molecule has 16 heavy (non-hydrogen) atoms. The van der Waals surface area contributed by atoms with Crippen LogP contribution in [0.25, 0.3) is 0 Å². The number of aryl methyl sites for hydroxylation is 1. The highest BCUT2D eigenvalue weighted by atomic mass is 32.1. The fourth-order valence-electron chi connectivity index (χ4n) is 1.86. The zero-order chi connectivity index (χ0) is 12.0. The van der Waals surface area contributed by atoms with E-state index in [-0.39, 0.29) is 0 Å². The van der Waals surface area contributed by atoms with Gasteiger partial charge in [0.1, 0.15) is 0 Å². The Hall–Kier alpha value is -0.340. The molecule has 1 aromatic rings. The maximum atomic E-state index is 3.66. The average molecular weight is 239 g/mol. The molecular formula is C14H25NS. The van der Waals surface area contributed by atoms with Crippen molar-refractivity contribution in [2.45, 2.75) is 53.0 Å². The van der Waals surface area contributed by atoms with Gasteiger partial charge in [-0.05, 0) is 43.9 Å². The molecule has 0 amide bonds. The standard InChI is InChI=1S/C14H25NS/c1-5-9-15-13(10-11(3)4)14-8-7-12(6-2)16-14/h7-8,11,13,15H,5-6,9-10H2,1-4H3. The van der Waals surface area contributed by atoms with E-state index in [1.54, 1.807) is 0 Å². The van der Waals surface area contributed by atoms with E-state index in [0.29, 0.717) is 6.04 Å². The van der Waals surface area contributed by atoms with Gasteiger partial charge in [0.2, 0.25) is 0 Å². The summed E-state index contributed by atoms with van der Waals surface area (Å²) in [5.41, 5.74) is 0. The maximum absolute atomic E-state index is 3.66. The summed E-state index contributed by atoms with van der Waals surface area (Å²) in [7, 11) is 0. The molecule has 0 bridgehead atoms. The lowest BCUT2D eigenvalue weighted by atomic mass is 10.0. The first-order valence-corrected chi connectivity index (χ1v) is 7.31. The van der Waals surface area contributed by atoms with Crippen molar-refractivity contribution in [1.29, 1.82) is 0 Å². The number of rotatable bonds is 7. The summed E-state index contributed by atoms with van der Waals surface area (Å²) in [5, 5.41) is 3.66. The Morgan fingerprint density at radius 1 is 1.25 bits per heavy atom. The quantitative estimate of drug-likeness (QED) is 0.744. The molecule has 0 aliphatic heterocycles. The van der Waals surface area contributed by atoms with E-state index in [4.69, 9.17) is 0 Å². The van der Waals surface area contributed by atoms with Gasteiger partial charge in [0, 0.05) is 15.8 Å². The highest BCUT2D eigenvalue weighted by Gasteiger charge is 2.14. The highest BCUT2D eigenvalue weighted by molar-refractivity contribution is 7.12. The normalized spacial score (nSPS) is 13.3. The molecule has 1 heterocycles. The number of nitrogens with one attached hydrogen (secondary N) is 1. The molecule has 0 saturated heterocycles. The van der Waals surface area contributed by atoms with Gasteiger partial charge < -0.3 is 5.32 Å². The minimum absolute atomic E-state index is 0.560. The van der Waals surface area contributed by atoms with E-state index in [1.807, 2.05) is 11.3 Å². The van der Waals surface area contributed by atoms with Crippen LogP contribution >= 0.6 is 11.3 Å². The summed E-state index contributed by atoms with van der Waals surface area (Å²) >= 11 is 1.97. The van der Waals surface area contributed by atoms with Gasteiger partial charge in [-0.25, -0.2) is 0 Å². The molecule has 0 aromatic carbocycles. The summed E-state index contributed by atoms with van der Waals surface area (Å²) < 4.78 is 0. The molecular weight excluding hydrogens is 214 g/mol. The SMILES string of the molecule is CCCNC(CC(C)C)c1ccc(CC)s1. The maximum Gasteiger partial charge on any atom is 0.0417 e. The van der Waals surface area contributed by atoms with Crippen molar-refractivity contribution in [3.63, 3.8) is 0 Å². The first kappa shape index (κ1) is 13.7. The van der Waals surface area contributed by atoms with E-state index in [1.165, 1.54) is 22.6 Å². The molecule has 1 unspecified atom stereocenters. The summed E-state index contributed by atoms with van der Waals surface area (Å²) in [6.45, 7) is 10.2. The van der Waals surface area contributed by atoms with Crippen molar-refractivity contribution in [3.05, 3.63) is 21.9 Å². The van der Waals surface area contributed by atoms with Crippen LogP contribution in [-0.4, -0.2) is 6.54 Å². The van der Waals surface area contributed by atoms with Gasteiger partial charge in [-0.3, -0.25) is 0 Å². The lowest BCUT2D eigenvalue weighted by Crippen LogP contribution is -2.22. The van der Waals surface area contributed by atoms with E-state index < -0.39 is 0 Å². The molecule has 1 nitrogen and oxygen atoms in total. The molecule has 1 atom stereocenters. The minimum atomic E-state index is 0.560. The molecule has 0 saturated carbocycles. The molecule has 0 aliphatic carbocycles. The Bertz CT molecular complexity index is 291. The first-order chi connectivity index (χ1) is 7.67. The van der Waals surface area contributed by atoms with Gasteiger partial charge in [0.05, 0.1) is 0 Å². The van der Waals surface area contributed by atoms with Crippen LogP contribution in [0.4, 0.5) is 0 Å². The number of hydrogen-bond donors (Lipinski definition) is 1.